The number of hydrogen-bond acceptors (Lipinski definition) is 1. The average molecular weight is 331 g/mol. The average Bonchev–Trinajstić information content (AvgIpc) is 2.42. The summed E-state index contributed by atoms with van der Waals surface area (Å²) in [6, 6.07) is 15.2. The van der Waals surface area contributed by atoms with Crippen LogP contribution in [0.15, 0.2) is 48.5 Å². The summed E-state index contributed by atoms with van der Waals surface area (Å²) in [6.07, 6.45) is 0. The second-order valence-electron chi connectivity index (χ2n) is 3.01. The zero-order valence-electron chi connectivity index (χ0n) is 8.33. The van der Waals surface area contributed by atoms with Gasteiger partial charge in [0.15, 0.2) is 0 Å². The Hall–Kier alpha value is -0.701. The molecule has 0 aliphatic heterocycles. The van der Waals surface area contributed by atoms with E-state index in [0.717, 1.165) is 11.3 Å². The van der Waals surface area contributed by atoms with Crippen molar-refractivity contribution in [3.8, 4) is 11.3 Å². The van der Waals surface area contributed by atoms with Crippen molar-refractivity contribution >= 4 is 14.1 Å². The van der Waals surface area contributed by atoms with Crippen LogP contribution in [-0.2, 0) is 20.9 Å². The van der Waals surface area contributed by atoms with Crippen LogP contribution in [-0.4, -0.2) is 4.98 Å². The van der Waals surface area contributed by atoms with Crippen LogP contribution in [0.5, 0.6) is 0 Å². The monoisotopic (exact) mass is 329 g/mol. The molecule has 0 spiro atoms. The summed E-state index contributed by atoms with van der Waals surface area (Å²) in [7, 11) is 0. The van der Waals surface area contributed by atoms with E-state index in [-0.39, 0.29) is 0 Å². The molecule has 1 nitrogen and oxygen atoms in total. The maximum atomic E-state index is 12.4. The summed E-state index contributed by atoms with van der Waals surface area (Å²) in [4.78, 5) is 4.19. The van der Waals surface area contributed by atoms with Gasteiger partial charge < -0.3 is 0 Å². The first-order chi connectivity index (χ1) is 7.90. The van der Waals surface area contributed by atoms with Crippen LogP contribution in [0.1, 0.15) is 5.69 Å². The molecule has 1 aromatic heterocycles. The fourth-order valence-corrected chi connectivity index (χ4v) is 1.32. The summed E-state index contributed by atoms with van der Waals surface area (Å²) in [5.41, 5.74) is 2.31. The van der Waals surface area contributed by atoms with Crippen LogP contribution < -0.4 is 0 Å². The standard InChI is InChI=1S/C12H10FN.BrH.Cu/c13-9-11-7-4-8-12(14-11)10-5-2-1-3-6-10;;/h1-8H,9H2;1H;/q;;+1/p-1. The van der Waals surface area contributed by atoms with Gasteiger partial charge >= 0.3 is 28.3 Å². The van der Waals surface area contributed by atoms with Crippen molar-refractivity contribution in [1.82, 2.24) is 4.98 Å². The van der Waals surface area contributed by atoms with Crippen molar-refractivity contribution in [3.05, 3.63) is 54.2 Å². The second-order valence-corrected chi connectivity index (χ2v) is 3.01. The van der Waals surface area contributed by atoms with Crippen molar-refractivity contribution in [3.63, 3.8) is 0 Å². The molecule has 0 aliphatic carbocycles. The van der Waals surface area contributed by atoms with E-state index in [0.29, 0.717) is 5.69 Å². The van der Waals surface area contributed by atoms with Crippen LogP contribution in [0.25, 0.3) is 11.3 Å². The van der Waals surface area contributed by atoms with E-state index >= 15 is 0 Å². The van der Waals surface area contributed by atoms with Gasteiger partial charge in [0.2, 0.25) is 0 Å². The summed E-state index contributed by atoms with van der Waals surface area (Å²) >= 11 is 6.50. The number of benzene rings is 1. The van der Waals surface area contributed by atoms with Crippen LogP contribution >= 0.6 is 14.1 Å². The Morgan fingerprint density at radius 3 is 2.31 bits per heavy atom. The Balaban J connectivity index is 0.000000606. The quantitative estimate of drug-likeness (QED) is 0.757. The summed E-state index contributed by atoms with van der Waals surface area (Å²) < 4.78 is 12.4. The van der Waals surface area contributed by atoms with E-state index in [2.05, 4.69) is 33.3 Å². The van der Waals surface area contributed by atoms with Crippen LogP contribution in [0, 0.1) is 0 Å². The maximum absolute atomic E-state index is 12.4. The Kier molecular flexibility index (Phi) is 6.31. The molecule has 0 saturated carbocycles. The first-order valence-corrected chi connectivity index (χ1v) is 6.91. The third-order valence-electron chi connectivity index (χ3n) is 2.01. The number of alkyl halides is 1. The predicted octanol–water partition coefficient (Wildman–Crippen LogP) is 4.06. The summed E-state index contributed by atoms with van der Waals surface area (Å²) in [5, 5.41) is 0. The third-order valence-corrected chi connectivity index (χ3v) is 2.01. The zero-order valence-corrected chi connectivity index (χ0v) is 10.9. The van der Waals surface area contributed by atoms with Gasteiger partial charge in [-0.15, -0.1) is 0 Å². The number of rotatable bonds is 2. The van der Waals surface area contributed by atoms with Gasteiger partial charge in [0.05, 0.1) is 11.4 Å². The van der Waals surface area contributed by atoms with E-state index in [9.17, 15) is 4.39 Å². The van der Waals surface area contributed by atoms with Crippen molar-refractivity contribution in [2.45, 2.75) is 6.67 Å². The molecular formula is C12H10BrCuFN. The van der Waals surface area contributed by atoms with Gasteiger partial charge in [-0.05, 0) is 12.1 Å². The van der Waals surface area contributed by atoms with Crippen molar-refractivity contribution in [1.29, 1.82) is 0 Å². The molecule has 0 aliphatic rings. The molecule has 88 valence electrons. The van der Waals surface area contributed by atoms with Gasteiger partial charge in [0.25, 0.3) is 0 Å². The van der Waals surface area contributed by atoms with Crippen LogP contribution in [0.4, 0.5) is 4.39 Å². The summed E-state index contributed by atoms with van der Waals surface area (Å²) in [6.45, 7) is -0.513. The Morgan fingerprint density at radius 1 is 1.00 bits per heavy atom. The minimum atomic E-state index is -0.513. The Bertz CT molecular complexity index is 422. The SMILES string of the molecule is FCc1cccc(-c2ccccc2)n1.[Cu][Br]. The van der Waals surface area contributed by atoms with Crippen LogP contribution in [0.3, 0.4) is 0 Å². The van der Waals surface area contributed by atoms with Gasteiger partial charge in [0.1, 0.15) is 6.67 Å². The van der Waals surface area contributed by atoms with Gasteiger partial charge in [-0.3, -0.25) is 4.98 Å². The molecule has 1 heterocycles. The minimum absolute atomic E-state index is 0.478. The molecule has 0 unspecified atom stereocenters. The van der Waals surface area contributed by atoms with Gasteiger partial charge in [-0.25, -0.2) is 4.39 Å². The Labute approximate surface area is 110 Å². The molecule has 0 bridgehead atoms. The van der Waals surface area contributed by atoms with E-state index in [1.54, 1.807) is 6.07 Å². The van der Waals surface area contributed by atoms with Crippen molar-refractivity contribution in [2.75, 3.05) is 0 Å². The molecule has 16 heavy (non-hydrogen) atoms. The topological polar surface area (TPSA) is 12.9 Å². The molecule has 0 N–H and O–H groups in total. The van der Waals surface area contributed by atoms with Crippen LogP contribution in [0.2, 0.25) is 0 Å². The number of halogens is 2. The predicted molar refractivity (Wildman–Crippen MR) is 63.4 cm³/mol. The summed E-state index contributed by atoms with van der Waals surface area (Å²) in [5.74, 6) is 0. The number of hydrogen-bond donors (Lipinski definition) is 0. The van der Waals surface area contributed by atoms with Gasteiger partial charge in [-0.1, -0.05) is 36.4 Å². The van der Waals surface area contributed by atoms with E-state index < -0.39 is 6.67 Å². The normalized spacial score (nSPS) is 9.25. The van der Waals surface area contributed by atoms with Gasteiger partial charge in [0, 0.05) is 5.56 Å². The van der Waals surface area contributed by atoms with Crippen molar-refractivity contribution in [2.24, 2.45) is 0 Å². The van der Waals surface area contributed by atoms with E-state index in [4.69, 9.17) is 0 Å². The van der Waals surface area contributed by atoms with Crippen molar-refractivity contribution < 1.29 is 18.6 Å². The number of nitrogens with zero attached hydrogens (tertiary/aromatic N) is 1. The van der Waals surface area contributed by atoms with E-state index in [1.807, 2.05) is 42.5 Å². The molecule has 2 rings (SSSR count). The molecule has 2 aromatic rings. The molecule has 0 fully saturated rings. The molecular weight excluding hydrogens is 321 g/mol. The number of aromatic nitrogens is 1. The third kappa shape index (κ3) is 3.71. The zero-order chi connectivity index (χ0) is 11.8. The fourth-order valence-electron chi connectivity index (χ4n) is 1.32. The fraction of sp³-hybridized carbons (Fsp3) is 0.0833. The molecule has 0 atom stereocenters. The molecule has 0 saturated heterocycles. The molecule has 4 heteroatoms. The first-order valence-electron chi connectivity index (χ1n) is 4.59. The molecule has 1 aromatic carbocycles. The molecule has 0 radical (unpaired) electrons. The first kappa shape index (κ1) is 13.4. The molecule has 0 amide bonds. The van der Waals surface area contributed by atoms with E-state index in [1.165, 1.54) is 0 Å². The van der Waals surface area contributed by atoms with Gasteiger partial charge in [-0.2, -0.15) is 0 Å². The second kappa shape index (κ2) is 7.55. The Morgan fingerprint density at radius 2 is 1.69 bits per heavy atom. The number of pyridine rings is 1.